The summed E-state index contributed by atoms with van der Waals surface area (Å²) in [6.07, 6.45) is -3.41. The van der Waals surface area contributed by atoms with Crippen LogP contribution in [0.25, 0.3) is 11.3 Å². The van der Waals surface area contributed by atoms with E-state index in [0.29, 0.717) is 31.6 Å². The van der Waals surface area contributed by atoms with Crippen molar-refractivity contribution in [2.75, 3.05) is 25.0 Å². The minimum Gasteiger partial charge on any atom is -0.355 e. The maximum absolute atomic E-state index is 13.4. The number of halogens is 4. The molecule has 0 saturated carbocycles. The second kappa shape index (κ2) is 9.64. The van der Waals surface area contributed by atoms with E-state index in [1.54, 1.807) is 19.2 Å². The van der Waals surface area contributed by atoms with Gasteiger partial charge in [0.15, 0.2) is 5.82 Å². The van der Waals surface area contributed by atoms with Gasteiger partial charge in [0, 0.05) is 31.7 Å². The van der Waals surface area contributed by atoms with E-state index < -0.39 is 17.6 Å². The molecule has 1 amide bonds. The summed E-state index contributed by atoms with van der Waals surface area (Å²) in [5.74, 6) is -0.212. The Hall–Kier alpha value is -3.49. The number of hydrogen-bond acceptors (Lipinski definition) is 4. The van der Waals surface area contributed by atoms with Crippen molar-refractivity contribution in [3.63, 3.8) is 0 Å². The first kappa shape index (κ1) is 24.6. The fourth-order valence-electron chi connectivity index (χ4n) is 4.51. The number of rotatable bonds is 4. The lowest BCUT2D eigenvalue weighted by Crippen LogP contribution is -2.46. The van der Waals surface area contributed by atoms with Gasteiger partial charge in [0.1, 0.15) is 5.82 Å². The molecular formula is C26H26F4N4O. The molecule has 0 N–H and O–H groups in total. The number of benzene rings is 2. The zero-order chi connectivity index (χ0) is 25.3. The zero-order valence-corrected chi connectivity index (χ0v) is 19.7. The zero-order valence-electron chi connectivity index (χ0n) is 19.7. The molecule has 5 nitrogen and oxygen atoms in total. The van der Waals surface area contributed by atoms with Crippen molar-refractivity contribution < 1.29 is 22.4 Å². The van der Waals surface area contributed by atoms with Gasteiger partial charge < -0.3 is 9.80 Å². The molecular weight excluding hydrogens is 460 g/mol. The van der Waals surface area contributed by atoms with Gasteiger partial charge in [-0.1, -0.05) is 12.1 Å². The van der Waals surface area contributed by atoms with E-state index in [4.69, 9.17) is 0 Å². The van der Waals surface area contributed by atoms with Crippen LogP contribution in [0.15, 0.2) is 48.5 Å². The Bertz CT molecular complexity index is 1220. The Morgan fingerprint density at radius 2 is 1.60 bits per heavy atom. The normalized spacial score (nSPS) is 14.8. The van der Waals surface area contributed by atoms with Gasteiger partial charge in [-0.2, -0.15) is 13.2 Å². The summed E-state index contributed by atoms with van der Waals surface area (Å²) in [5, 5.41) is 8.81. The highest BCUT2D eigenvalue weighted by Gasteiger charge is 2.37. The summed E-state index contributed by atoms with van der Waals surface area (Å²) in [6.45, 7) is 5.09. The van der Waals surface area contributed by atoms with E-state index in [2.05, 4.69) is 15.1 Å². The Morgan fingerprint density at radius 1 is 0.971 bits per heavy atom. The standard InChI is InChI=1S/C26H26F4N4O/c1-16-17(2)24(32-31-23(16)18-8-10-19(27)11-9-18)34-14-12-20(13-15-34)33(3)25(35)21-6-4-5-7-22(21)26(28,29)30/h4-11,20H,12-15H2,1-3H3. The Morgan fingerprint density at radius 3 is 2.23 bits per heavy atom. The summed E-state index contributed by atoms with van der Waals surface area (Å²) >= 11 is 0. The summed E-state index contributed by atoms with van der Waals surface area (Å²) in [5.41, 5.74) is 2.12. The average molecular weight is 487 g/mol. The van der Waals surface area contributed by atoms with E-state index in [0.717, 1.165) is 28.6 Å². The molecule has 1 saturated heterocycles. The van der Waals surface area contributed by atoms with Crippen LogP contribution in [0.5, 0.6) is 0 Å². The third-order valence-electron chi connectivity index (χ3n) is 6.71. The Kier molecular flexibility index (Phi) is 6.78. The first-order valence-corrected chi connectivity index (χ1v) is 11.4. The molecule has 2 aromatic carbocycles. The minimum absolute atomic E-state index is 0.187. The number of amides is 1. The lowest BCUT2D eigenvalue weighted by molar-refractivity contribution is -0.138. The highest BCUT2D eigenvalue weighted by Crippen LogP contribution is 2.33. The number of alkyl halides is 3. The van der Waals surface area contributed by atoms with Gasteiger partial charge in [-0.15, -0.1) is 10.2 Å². The molecule has 2 heterocycles. The van der Waals surface area contributed by atoms with Crippen molar-refractivity contribution in [3.05, 3.63) is 76.6 Å². The van der Waals surface area contributed by atoms with Crippen LogP contribution in [0.2, 0.25) is 0 Å². The predicted molar refractivity (Wildman–Crippen MR) is 126 cm³/mol. The number of anilines is 1. The van der Waals surface area contributed by atoms with Crippen LogP contribution in [-0.2, 0) is 6.18 Å². The van der Waals surface area contributed by atoms with Crippen molar-refractivity contribution in [1.82, 2.24) is 15.1 Å². The number of nitrogens with zero attached hydrogens (tertiary/aromatic N) is 4. The van der Waals surface area contributed by atoms with E-state index in [1.165, 1.54) is 35.2 Å². The third kappa shape index (κ3) is 4.99. The lowest BCUT2D eigenvalue weighted by Gasteiger charge is -2.38. The van der Waals surface area contributed by atoms with E-state index in [-0.39, 0.29) is 17.4 Å². The van der Waals surface area contributed by atoms with E-state index in [1.807, 2.05) is 13.8 Å². The average Bonchev–Trinajstić information content (AvgIpc) is 2.85. The number of carbonyl (C=O) groups is 1. The summed E-state index contributed by atoms with van der Waals surface area (Å²) in [7, 11) is 1.56. The molecule has 1 aliphatic heterocycles. The molecule has 35 heavy (non-hydrogen) atoms. The highest BCUT2D eigenvalue weighted by atomic mass is 19.4. The van der Waals surface area contributed by atoms with Crippen molar-refractivity contribution in [2.45, 2.75) is 38.9 Å². The lowest BCUT2D eigenvalue weighted by atomic mass is 9.99. The van der Waals surface area contributed by atoms with Crippen LogP contribution in [-0.4, -0.2) is 47.2 Å². The maximum Gasteiger partial charge on any atom is 0.417 e. The quantitative estimate of drug-likeness (QED) is 0.447. The molecule has 184 valence electrons. The van der Waals surface area contributed by atoms with Crippen LogP contribution in [0.3, 0.4) is 0 Å². The molecule has 3 aromatic rings. The van der Waals surface area contributed by atoms with Crippen LogP contribution in [0.1, 0.15) is 39.9 Å². The Balaban J connectivity index is 1.47. The fraction of sp³-hybridized carbons (Fsp3) is 0.346. The number of carbonyl (C=O) groups excluding carboxylic acids is 1. The first-order valence-electron chi connectivity index (χ1n) is 11.4. The molecule has 0 bridgehead atoms. The molecule has 0 aliphatic carbocycles. The maximum atomic E-state index is 13.4. The van der Waals surface area contributed by atoms with Gasteiger partial charge in [-0.05, 0) is 74.2 Å². The second-order valence-corrected chi connectivity index (χ2v) is 8.81. The van der Waals surface area contributed by atoms with E-state index >= 15 is 0 Å². The number of aromatic nitrogens is 2. The Labute approximate surface area is 201 Å². The summed E-state index contributed by atoms with van der Waals surface area (Å²) in [6, 6.07) is 10.8. The van der Waals surface area contributed by atoms with Crippen molar-refractivity contribution in [3.8, 4) is 11.3 Å². The molecule has 9 heteroatoms. The molecule has 1 fully saturated rings. The second-order valence-electron chi connectivity index (χ2n) is 8.81. The first-order chi connectivity index (χ1) is 16.6. The third-order valence-corrected chi connectivity index (χ3v) is 6.71. The van der Waals surface area contributed by atoms with Gasteiger partial charge in [0.05, 0.1) is 16.8 Å². The van der Waals surface area contributed by atoms with Gasteiger partial charge in [0.2, 0.25) is 0 Å². The topological polar surface area (TPSA) is 49.3 Å². The molecule has 1 aliphatic rings. The molecule has 0 radical (unpaired) electrons. The van der Waals surface area contributed by atoms with Gasteiger partial charge in [0.25, 0.3) is 5.91 Å². The monoisotopic (exact) mass is 486 g/mol. The molecule has 0 atom stereocenters. The van der Waals surface area contributed by atoms with Gasteiger partial charge >= 0.3 is 6.18 Å². The molecule has 1 aromatic heterocycles. The van der Waals surface area contributed by atoms with Gasteiger partial charge in [-0.25, -0.2) is 4.39 Å². The van der Waals surface area contributed by atoms with Crippen LogP contribution in [0.4, 0.5) is 23.4 Å². The van der Waals surface area contributed by atoms with Crippen molar-refractivity contribution in [2.24, 2.45) is 0 Å². The largest absolute Gasteiger partial charge is 0.417 e. The van der Waals surface area contributed by atoms with E-state index in [9.17, 15) is 22.4 Å². The van der Waals surface area contributed by atoms with Crippen molar-refractivity contribution in [1.29, 1.82) is 0 Å². The van der Waals surface area contributed by atoms with Gasteiger partial charge in [-0.3, -0.25) is 4.79 Å². The highest BCUT2D eigenvalue weighted by molar-refractivity contribution is 5.96. The molecule has 0 unspecified atom stereocenters. The van der Waals surface area contributed by atoms with Crippen molar-refractivity contribution >= 4 is 11.7 Å². The fourth-order valence-corrected chi connectivity index (χ4v) is 4.51. The molecule has 4 rings (SSSR count). The predicted octanol–water partition coefficient (Wildman–Crippen LogP) is 5.66. The minimum atomic E-state index is -4.59. The van der Waals surface area contributed by atoms with Crippen LogP contribution in [0, 0.1) is 19.7 Å². The van der Waals surface area contributed by atoms with Crippen LogP contribution >= 0.6 is 0 Å². The smallest absolute Gasteiger partial charge is 0.355 e. The molecule has 0 spiro atoms. The number of hydrogen-bond donors (Lipinski definition) is 0. The SMILES string of the molecule is Cc1c(-c2ccc(F)cc2)nnc(N2CCC(N(C)C(=O)c3ccccc3C(F)(F)F)CC2)c1C. The summed E-state index contributed by atoms with van der Waals surface area (Å²) < 4.78 is 53.4. The summed E-state index contributed by atoms with van der Waals surface area (Å²) in [4.78, 5) is 16.4. The van der Waals surface area contributed by atoms with Crippen LogP contribution < -0.4 is 4.90 Å². The number of piperidine rings is 1.